The van der Waals surface area contributed by atoms with Crippen molar-refractivity contribution in [2.45, 2.75) is 13.8 Å². The molecule has 2 aromatic rings. The van der Waals surface area contributed by atoms with Crippen LogP contribution in [0.4, 0.5) is 0 Å². The SMILES string of the molecule is CC.O=Cc1cc2ccccn2c1. The molecule has 0 radical (unpaired) electrons. The Morgan fingerprint density at radius 2 is 2.08 bits per heavy atom. The van der Waals surface area contributed by atoms with E-state index in [1.165, 1.54) is 0 Å². The van der Waals surface area contributed by atoms with Crippen LogP contribution in [0.3, 0.4) is 0 Å². The molecule has 2 heterocycles. The Labute approximate surface area is 77.8 Å². The van der Waals surface area contributed by atoms with Gasteiger partial charge < -0.3 is 4.40 Å². The molecular formula is C11H13NO. The number of aromatic nitrogens is 1. The summed E-state index contributed by atoms with van der Waals surface area (Å²) in [5.74, 6) is 0. The van der Waals surface area contributed by atoms with Gasteiger partial charge in [0.2, 0.25) is 0 Å². The molecule has 0 spiro atoms. The van der Waals surface area contributed by atoms with E-state index in [1.807, 2.05) is 54.9 Å². The zero-order valence-electron chi connectivity index (χ0n) is 7.90. The standard InChI is InChI=1S/C9H7NO.C2H6/c11-7-8-5-9-3-1-2-4-10(9)6-8;1-2/h1-7H;1-2H3. The van der Waals surface area contributed by atoms with Crippen LogP contribution < -0.4 is 0 Å². The van der Waals surface area contributed by atoms with Gasteiger partial charge >= 0.3 is 0 Å². The number of fused-ring (bicyclic) bond motifs is 1. The molecule has 0 aliphatic rings. The lowest BCUT2D eigenvalue weighted by molar-refractivity contribution is 0.112. The molecule has 2 heteroatoms. The maximum Gasteiger partial charge on any atom is 0.151 e. The predicted octanol–water partition coefficient (Wildman–Crippen LogP) is 2.78. The lowest BCUT2D eigenvalue weighted by Gasteiger charge is -1.88. The third-order valence-corrected chi connectivity index (χ3v) is 1.66. The van der Waals surface area contributed by atoms with Crippen molar-refractivity contribution in [1.82, 2.24) is 4.40 Å². The van der Waals surface area contributed by atoms with Gasteiger partial charge in [0.05, 0.1) is 0 Å². The molecule has 0 aliphatic carbocycles. The highest BCUT2D eigenvalue weighted by Gasteiger charge is 1.94. The fraction of sp³-hybridized carbons (Fsp3) is 0.182. The smallest absolute Gasteiger partial charge is 0.151 e. The molecule has 0 amide bonds. The molecule has 0 aliphatic heterocycles. The van der Waals surface area contributed by atoms with E-state index in [2.05, 4.69) is 0 Å². The average molecular weight is 175 g/mol. The zero-order chi connectivity index (χ0) is 9.68. The molecule has 2 aromatic heterocycles. The summed E-state index contributed by atoms with van der Waals surface area (Å²) in [4.78, 5) is 10.4. The maximum atomic E-state index is 10.4. The van der Waals surface area contributed by atoms with E-state index in [4.69, 9.17) is 0 Å². The summed E-state index contributed by atoms with van der Waals surface area (Å²) >= 11 is 0. The van der Waals surface area contributed by atoms with Crippen molar-refractivity contribution in [2.24, 2.45) is 0 Å². The van der Waals surface area contributed by atoms with E-state index in [1.54, 1.807) is 0 Å². The molecule has 0 unspecified atom stereocenters. The van der Waals surface area contributed by atoms with Crippen LogP contribution in [0.1, 0.15) is 24.2 Å². The predicted molar refractivity (Wildman–Crippen MR) is 54.1 cm³/mol. The van der Waals surface area contributed by atoms with Crippen molar-refractivity contribution in [3.63, 3.8) is 0 Å². The lowest BCUT2D eigenvalue weighted by Crippen LogP contribution is -1.76. The van der Waals surface area contributed by atoms with Gasteiger partial charge in [-0.3, -0.25) is 4.79 Å². The fourth-order valence-corrected chi connectivity index (χ4v) is 1.14. The van der Waals surface area contributed by atoms with Gasteiger partial charge in [0.1, 0.15) is 0 Å². The van der Waals surface area contributed by atoms with E-state index >= 15 is 0 Å². The lowest BCUT2D eigenvalue weighted by atomic mass is 10.3. The topological polar surface area (TPSA) is 21.5 Å². The van der Waals surface area contributed by atoms with Crippen LogP contribution in [0.15, 0.2) is 36.7 Å². The van der Waals surface area contributed by atoms with E-state index in [9.17, 15) is 4.79 Å². The summed E-state index contributed by atoms with van der Waals surface area (Å²) in [5, 5.41) is 0. The first-order valence-corrected chi connectivity index (χ1v) is 4.42. The van der Waals surface area contributed by atoms with E-state index in [-0.39, 0.29) is 0 Å². The van der Waals surface area contributed by atoms with Gasteiger partial charge in [-0.1, -0.05) is 19.9 Å². The van der Waals surface area contributed by atoms with Crippen LogP contribution >= 0.6 is 0 Å². The summed E-state index contributed by atoms with van der Waals surface area (Å²) in [7, 11) is 0. The van der Waals surface area contributed by atoms with Gasteiger partial charge in [-0.05, 0) is 18.2 Å². The van der Waals surface area contributed by atoms with Crippen molar-refractivity contribution in [3.05, 3.63) is 42.2 Å². The normalized spacial score (nSPS) is 9.08. The molecule has 2 nitrogen and oxygen atoms in total. The highest BCUT2D eigenvalue weighted by molar-refractivity contribution is 5.78. The number of aldehydes is 1. The van der Waals surface area contributed by atoms with Crippen molar-refractivity contribution in [2.75, 3.05) is 0 Å². The Morgan fingerprint density at radius 1 is 1.31 bits per heavy atom. The average Bonchev–Trinajstić information content (AvgIpc) is 2.63. The molecule has 0 saturated carbocycles. The van der Waals surface area contributed by atoms with Crippen LogP contribution in [-0.2, 0) is 0 Å². The molecule has 68 valence electrons. The Hall–Kier alpha value is -1.57. The van der Waals surface area contributed by atoms with Crippen LogP contribution in [0.2, 0.25) is 0 Å². The zero-order valence-corrected chi connectivity index (χ0v) is 7.90. The molecule has 0 saturated heterocycles. The highest BCUT2D eigenvalue weighted by Crippen LogP contribution is 2.06. The monoisotopic (exact) mass is 175 g/mol. The van der Waals surface area contributed by atoms with Gasteiger partial charge in [-0.2, -0.15) is 0 Å². The fourth-order valence-electron chi connectivity index (χ4n) is 1.14. The molecule has 0 bridgehead atoms. The maximum absolute atomic E-state index is 10.4. The minimum Gasteiger partial charge on any atom is -0.323 e. The molecule has 0 fully saturated rings. The second-order valence-electron chi connectivity index (χ2n) is 2.42. The number of carbonyl (C=O) groups is 1. The van der Waals surface area contributed by atoms with Crippen LogP contribution in [0.25, 0.3) is 5.52 Å². The van der Waals surface area contributed by atoms with E-state index in [0.29, 0.717) is 0 Å². The molecule has 2 rings (SSSR count). The molecule has 0 N–H and O–H groups in total. The van der Waals surface area contributed by atoms with E-state index in [0.717, 1.165) is 17.4 Å². The summed E-state index contributed by atoms with van der Waals surface area (Å²) in [6.45, 7) is 4.00. The van der Waals surface area contributed by atoms with Crippen LogP contribution in [0, 0.1) is 0 Å². The second-order valence-corrected chi connectivity index (χ2v) is 2.42. The number of nitrogens with zero attached hydrogens (tertiary/aromatic N) is 1. The third-order valence-electron chi connectivity index (χ3n) is 1.66. The Morgan fingerprint density at radius 3 is 2.69 bits per heavy atom. The Balaban J connectivity index is 0.000000396. The van der Waals surface area contributed by atoms with Gasteiger partial charge in [0.15, 0.2) is 6.29 Å². The first kappa shape index (κ1) is 9.52. The van der Waals surface area contributed by atoms with Gasteiger partial charge in [0, 0.05) is 23.5 Å². The largest absolute Gasteiger partial charge is 0.323 e. The van der Waals surface area contributed by atoms with Crippen LogP contribution in [-0.4, -0.2) is 10.7 Å². The summed E-state index contributed by atoms with van der Waals surface area (Å²) < 4.78 is 1.92. The van der Waals surface area contributed by atoms with Gasteiger partial charge in [0.25, 0.3) is 0 Å². The summed E-state index contributed by atoms with van der Waals surface area (Å²) in [5.41, 5.74) is 1.77. The second kappa shape index (κ2) is 4.45. The Kier molecular flexibility index (Phi) is 3.26. The minimum atomic E-state index is 0.719. The minimum absolute atomic E-state index is 0.719. The number of hydrogen-bond acceptors (Lipinski definition) is 1. The number of carbonyl (C=O) groups excluding carboxylic acids is 1. The number of rotatable bonds is 1. The summed E-state index contributed by atoms with van der Waals surface area (Å²) in [6, 6.07) is 7.70. The number of hydrogen-bond donors (Lipinski definition) is 0. The van der Waals surface area contributed by atoms with Crippen molar-refractivity contribution >= 4 is 11.8 Å². The number of pyridine rings is 1. The van der Waals surface area contributed by atoms with E-state index < -0.39 is 0 Å². The van der Waals surface area contributed by atoms with Crippen LogP contribution in [0.5, 0.6) is 0 Å². The molecule has 13 heavy (non-hydrogen) atoms. The van der Waals surface area contributed by atoms with Crippen molar-refractivity contribution < 1.29 is 4.79 Å². The first-order valence-electron chi connectivity index (χ1n) is 4.42. The van der Waals surface area contributed by atoms with Gasteiger partial charge in [-0.25, -0.2) is 0 Å². The summed E-state index contributed by atoms with van der Waals surface area (Å²) in [6.07, 6.45) is 4.58. The third kappa shape index (κ3) is 1.96. The molecular weight excluding hydrogens is 162 g/mol. The molecule has 0 atom stereocenters. The van der Waals surface area contributed by atoms with Gasteiger partial charge in [-0.15, -0.1) is 0 Å². The quantitative estimate of drug-likeness (QED) is 0.611. The molecule has 0 aromatic carbocycles. The van der Waals surface area contributed by atoms with Crippen molar-refractivity contribution in [3.8, 4) is 0 Å². The first-order chi connectivity index (χ1) is 6.40. The van der Waals surface area contributed by atoms with Crippen molar-refractivity contribution in [1.29, 1.82) is 0 Å². The Bertz CT molecular complexity index is 357. The highest BCUT2D eigenvalue weighted by atomic mass is 16.1.